The van der Waals surface area contributed by atoms with Crippen molar-refractivity contribution in [1.29, 1.82) is 0 Å². The molecule has 0 saturated carbocycles. The summed E-state index contributed by atoms with van der Waals surface area (Å²) in [6, 6.07) is 2.03. The molecule has 2 saturated heterocycles. The van der Waals surface area contributed by atoms with E-state index in [4.69, 9.17) is 14.5 Å². The number of ether oxygens (including phenoxy) is 2. The Morgan fingerprint density at radius 1 is 1.25 bits per heavy atom. The molecular formula is C29H49Cl2N5O4. The zero-order valence-corrected chi connectivity index (χ0v) is 26.4. The maximum absolute atomic E-state index is 14.3. The van der Waals surface area contributed by atoms with Gasteiger partial charge < -0.3 is 29.9 Å². The fourth-order valence-corrected chi connectivity index (χ4v) is 5.95. The number of nitrogens with zero attached hydrogens (tertiary/aromatic N) is 3. The van der Waals surface area contributed by atoms with Crippen LogP contribution in [0.5, 0.6) is 0 Å². The van der Waals surface area contributed by atoms with Crippen LogP contribution in [-0.4, -0.2) is 98.8 Å². The minimum atomic E-state index is -0.139. The Balaban J connectivity index is 0.00000280. The lowest BCUT2D eigenvalue weighted by atomic mass is 9.90. The number of hydrogen-bond acceptors (Lipinski definition) is 7. The highest BCUT2D eigenvalue weighted by Crippen LogP contribution is 2.39. The number of piperidine rings is 1. The van der Waals surface area contributed by atoms with Crippen molar-refractivity contribution in [3.63, 3.8) is 0 Å². The van der Waals surface area contributed by atoms with Crippen LogP contribution in [0, 0.1) is 11.8 Å². The molecule has 1 aromatic rings. The second-order valence-corrected chi connectivity index (χ2v) is 12.1. The van der Waals surface area contributed by atoms with Gasteiger partial charge in [-0.25, -0.2) is 4.98 Å². The molecular weight excluding hydrogens is 553 g/mol. The van der Waals surface area contributed by atoms with Gasteiger partial charge in [0.15, 0.2) is 0 Å². The van der Waals surface area contributed by atoms with E-state index in [0.717, 1.165) is 25.0 Å². The van der Waals surface area contributed by atoms with Gasteiger partial charge in [0.25, 0.3) is 5.91 Å². The summed E-state index contributed by atoms with van der Waals surface area (Å²) in [5.41, 5.74) is 2.90. The molecule has 2 N–H and O–H groups in total. The van der Waals surface area contributed by atoms with Crippen molar-refractivity contribution in [2.75, 3.05) is 71.5 Å². The molecule has 1 aromatic heterocycles. The highest BCUT2D eigenvalue weighted by molar-refractivity contribution is 5.99. The van der Waals surface area contributed by atoms with Crippen LogP contribution in [0.3, 0.4) is 0 Å². The molecule has 0 radical (unpaired) electrons. The number of amides is 2. The number of methoxy groups -OCH3 is 1. The van der Waals surface area contributed by atoms with Crippen LogP contribution in [-0.2, 0) is 26.1 Å². The Morgan fingerprint density at radius 3 is 2.65 bits per heavy atom. The van der Waals surface area contributed by atoms with Crippen molar-refractivity contribution in [3.8, 4) is 0 Å². The van der Waals surface area contributed by atoms with E-state index in [-0.39, 0.29) is 54.0 Å². The van der Waals surface area contributed by atoms with Crippen LogP contribution in [0.4, 0.5) is 5.82 Å². The normalized spacial score (nSPS) is 21.7. The third-order valence-electron chi connectivity index (χ3n) is 8.07. The summed E-state index contributed by atoms with van der Waals surface area (Å²) in [7, 11) is 1.70. The second-order valence-electron chi connectivity index (χ2n) is 12.1. The summed E-state index contributed by atoms with van der Waals surface area (Å²) >= 11 is 0. The zero-order valence-electron chi connectivity index (χ0n) is 24.8. The van der Waals surface area contributed by atoms with Crippen molar-refractivity contribution < 1.29 is 19.1 Å². The molecule has 3 heterocycles. The van der Waals surface area contributed by atoms with Gasteiger partial charge in [-0.2, -0.15) is 0 Å². The highest BCUT2D eigenvalue weighted by Gasteiger charge is 2.38. The van der Waals surface area contributed by atoms with Gasteiger partial charge in [0.1, 0.15) is 5.82 Å². The Morgan fingerprint density at radius 2 is 1.98 bits per heavy atom. The number of fused-ring (bicyclic) bond motifs is 1. The number of morpholine rings is 1. The van der Waals surface area contributed by atoms with Crippen LogP contribution >= 0.6 is 24.8 Å². The number of hydrogen-bond donors (Lipinski definition) is 2. The van der Waals surface area contributed by atoms with Crippen LogP contribution in [0.1, 0.15) is 68.6 Å². The fraction of sp³-hybridized carbons (Fsp3) is 0.759. The van der Waals surface area contributed by atoms with Crippen LogP contribution in [0.15, 0.2) is 6.07 Å². The Labute approximate surface area is 252 Å². The third kappa shape index (κ3) is 8.22. The second kappa shape index (κ2) is 15.5. The molecule has 2 aliphatic heterocycles. The van der Waals surface area contributed by atoms with Gasteiger partial charge in [-0.3, -0.25) is 9.59 Å². The molecule has 2 atom stereocenters. The summed E-state index contributed by atoms with van der Waals surface area (Å²) in [6.45, 7) is 14.5. The molecule has 2 amide bonds. The molecule has 3 aliphatic rings. The van der Waals surface area contributed by atoms with Gasteiger partial charge in [0, 0.05) is 64.4 Å². The number of halogens is 2. The smallest absolute Gasteiger partial charge is 0.257 e. The number of rotatable bonds is 10. The summed E-state index contributed by atoms with van der Waals surface area (Å²) in [4.78, 5) is 36.6. The lowest BCUT2D eigenvalue weighted by Gasteiger charge is -2.40. The van der Waals surface area contributed by atoms with E-state index in [2.05, 4.69) is 44.4 Å². The molecule has 9 nitrogen and oxygen atoms in total. The first-order valence-electron chi connectivity index (χ1n) is 14.4. The monoisotopic (exact) mass is 601 g/mol. The van der Waals surface area contributed by atoms with Crippen LogP contribution in [0.25, 0.3) is 0 Å². The van der Waals surface area contributed by atoms with Gasteiger partial charge in [0.2, 0.25) is 5.91 Å². The molecule has 0 unspecified atom stereocenters. The first-order chi connectivity index (χ1) is 18.2. The average molecular weight is 603 g/mol. The minimum absolute atomic E-state index is 0. The molecule has 4 rings (SSSR count). The predicted octanol–water partition coefficient (Wildman–Crippen LogP) is 3.53. The van der Waals surface area contributed by atoms with Crippen LogP contribution in [0.2, 0.25) is 0 Å². The lowest BCUT2D eigenvalue weighted by Crippen LogP contribution is -2.56. The van der Waals surface area contributed by atoms with E-state index in [9.17, 15) is 9.59 Å². The van der Waals surface area contributed by atoms with E-state index < -0.39 is 0 Å². The Hall–Kier alpha value is -1.65. The van der Waals surface area contributed by atoms with Crippen molar-refractivity contribution in [2.45, 2.75) is 64.8 Å². The fourth-order valence-electron chi connectivity index (χ4n) is 5.95. The molecule has 0 bridgehead atoms. The van der Waals surface area contributed by atoms with Crippen molar-refractivity contribution in [1.82, 2.24) is 20.1 Å². The quantitative estimate of drug-likeness (QED) is 0.396. The zero-order chi connectivity index (χ0) is 27.3. The van der Waals surface area contributed by atoms with Crippen LogP contribution < -0.4 is 10.6 Å². The first kappa shape index (κ1) is 34.6. The number of aryl methyl sites for hydroxylation is 1. The van der Waals surface area contributed by atoms with Crippen molar-refractivity contribution in [2.24, 2.45) is 11.8 Å². The van der Waals surface area contributed by atoms with Crippen molar-refractivity contribution in [3.05, 3.63) is 22.9 Å². The van der Waals surface area contributed by atoms with Gasteiger partial charge in [-0.1, -0.05) is 27.7 Å². The van der Waals surface area contributed by atoms with Gasteiger partial charge >= 0.3 is 0 Å². The van der Waals surface area contributed by atoms with E-state index in [1.165, 1.54) is 5.56 Å². The van der Waals surface area contributed by atoms with E-state index in [1.54, 1.807) is 7.11 Å². The summed E-state index contributed by atoms with van der Waals surface area (Å²) < 4.78 is 10.7. The number of nitrogens with one attached hydrogen (secondary N) is 2. The maximum Gasteiger partial charge on any atom is 0.257 e. The molecule has 0 aromatic carbocycles. The third-order valence-corrected chi connectivity index (χ3v) is 8.07. The molecule has 11 heteroatoms. The molecule has 1 aliphatic carbocycles. The molecule has 0 spiro atoms. The first-order valence-corrected chi connectivity index (χ1v) is 14.4. The standard InChI is InChI=1S/C29H47N5O4.2ClH/c1-20(2)19-34(23-15-22(17-30-18-23)27(35)33-10-13-38-14-11-33)28(36)24-16-21-7-8-29(3,4)25(21)32-26(24)31-9-6-12-37-5;;/h16,20,22-23,30H,6-15,17-19H2,1-5H3,(H,31,32);2*1H/t22-,23+;;/m1../s1. The summed E-state index contributed by atoms with van der Waals surface area (Å²) in [5, 5.41) is 6.91. The average Bonchev–Trinajstić information content (AvgIpc) is 3.22. The molecule has 2 fully saturated rings. The SMILES string of the molecule is COCCCNc1nc2c(cc1C(=O)N(CC(C)C)[C@@H]1CNC[C@H](C(=O)N3CCOCC3)C1)CCC2(C)C.Cl.Cl. The topological polar surface area (TPSA) is 96.0 Å². The van der Waals surface area contributed by atoms with E-state index >= 15 is 0 Å². The van der Waals surface area contributed by atoms with E-state index in [0.29, 0.717) is 82.8 Å². The number of pyridine rings is 1. The number of aromatic nitrogens is 1. The molecule has 40 heavy (non-hydrogen) atoms. The largest absolute Gasteiger partial charge is 0.385 e. The van der Waals surface area contributed by atoms with Gasteiger partial charge in [-0.15, -0.1) is 24.8 Å². The van der Waals surface area contributed by atoms with Crippen molar-refractivity contribution >= 4 is 42.4 Å². The Kier molecular flexibility index (Phi) is 13.4. The van der Waals surface area contributed by atoms with Gasteiger partial charge in [0.05, 0.1) is 30.4 Å². The number of carbonyl (C=O) groups is 2. The van der Waals surface area contributed by atoms with Gasteiger partial charge in [-0.05, 0) is 43.2 Å². The number of anilines is 1. The lowest BCUT2D eigenvalue weighted by molar-refractivity contribution is -0.140. The predicted molar refractivity (Wildman–Crippen MR) is 163 cm³/mol. The summed E-state index contributed by atoms with van der Waals surface area (Å²) in [6.07, 6.45) is 3.47. The summed E-state index contributed by atoms with van der Waals surface area (Å²) in [5.74, 6) is 0.996. The Bertz CT molecular complexity index is 987. The highest BCUT2D eigenvalue weighted by atomic mass is 35.5. The maximum atomic E-state index is 14.3. The molecule has 228 valence electrons. The van der Waals surface area contributed by atoms with E-state index in [1.807, 2.05) is 9.80 Å². The number of carbonyl (C=O) groups excluding carboxylic acids is 2. The minimum Gasteiger partial charge on any atom is -0.385 e.